The molecule has 2 atom stereocenters. The van der Waals surface area contributed by atoms with Gasteiger partial charge in [0.15, 0.2) is 0 Å². The highest BCUT2D eigenvalue weighted by Crippen LogP contribution is 2.31. The summed E-state index contributed by atoms with van der Waals surface area (Å²) in [5.41, 5.74) is 7.70. The fraction of sp³-hybridized carbons (Fsp3) is 0.273. The molecule has 30 heavy (non-hydrogen) atoms. The zero-order chi connectivity index (χ0) is 21.1. The number of halogens is 1. The number of likely N-dealkylation sites (tertiary alicyclic amines) is 1. The maximum atomic E-state index is 13.6. The summed E-state index contributed by atoms with van der Waals surface area (Å²) in [6.07, 6.45) is 5.10. The zero-order valence-corrected chi connectivity index (χ0v) is 16.6. The van der Waals surface area contributed by atoms with Gasteiger partial charge in [0.2, 0.25) is 0 Å². The van der Waals surface area contributed by atoms with E-state index in [2.05, 4.69) is 15.3 Å². The standard InChI is InChI=1S/C22H23FN6O/c1-14-7-8-16(13-29(14)22(24)30)21-27-19(15-4-3-9-25-12-15)11-20(28-21)26-18-6-2-5-17(23)10-18/h2-6,9-12,14,16H,7-8,13H2,1H3,(H2,24,30)(H,26,27,28)/t14-,16+/m0/s1. The number of benzene rings is 1. The summed E-state index contributed by atoms with van der Waals surface area (Å²) in [5.74, 6) is 0.792. The fourth-order valence-corrected chi connectivity index (χ4v) is 3.71. The number of hydrogen-bond acceptors (Lipinski definition) is 5. The number of urea groups is 1. The molecule has 0 radical (unpaired) electrons. The average molecular weight is 406 g/mol. The van der Waals surface area contributed by atoms with Gasteiger partial charge in [-0.05, 0) is 50.1 Å². The van der Waals surface area contributed by atoms with Crippen LogP contribution in [-0.2, 0) is 0 Å². The Hall–Kier alpha value is -3.55. The molecule has 0 spiro atoms. The van der Waals surface area contributed by atoms with Gasteiger partial charge in [-0.1, -0.05) is 6.07 Å². The molecule has 0 saturated carbocycles. The number of pyridine rings is 1. The molecule has 0 unspecified atom stereocenters. The molecule has 8 heteroatoms. The molecule has 2 aromatic heterocycles. The second-order valence-electron chi connectivity index (χ2n) is 7.49. The normalized spacial score (nSPS) is 18.8. The SMILES string of the molecule is C[C@H]1CC[C@@H](c2nc(Nc3cccc(F)c3)cc(-c3cccnc3)n2)CN1C(N)=O. The lowest BCUT2D eigenvalue weighted by atomic mass is 9.93. The number of nitrogens with two attached hydrogens (primary N) is 1. The van der Waals surface area contributed by atoms with E-state index in [-0.39, 0.29) is 17.8 Å². The van der Waals surface area contributed by atoms with Crippen LogP contribution in [0.4, 0.5) is 20.7 Å². The monoisotopic (exact) mass is 406 g/mol. The van der Waals surface area contributed by atoms with E-state index in [1.807, 2.05) is 25.1 Å². The van der Waals surface area contributed by atoms with Gasteiger partial charge in [0, 0.05) is 48.2 Å². The third-order valence-corrected chi connectivity index (χ3v) is 5.33. The number of nitrogens with one attached hydrogen (secondary N) is 1. The Morgan fingerprint density at radius 1 is 1.20 bits per heavy atom. The molecule has 1 fully saturated rings. The summed E-state index contributed by atoms with van der Waals surface area (Å²) < 4.78 is 13.6. The molecule has 7 nitrogen and oxygen atoms in total. The van der Waals surface area contributed by atoms with Crippen LogP contribution in [0.3, 0.4) is 0 Å². The quantitative estimate of drug-likeness (QED) is 0.681. The lowest BCUT2D eigenvalue weighted by molar-refractivity contribution is 0.155. The van der Waals surface area contributed by atoms with Gasteiger partial charge in [0.25, 0.3) is 0 Å². The Morgan fingerprint density at radius 3 is 2.80 bits per heavy atom. The first-order valence-electron chi connectivity index (χ1n) is 9.87. The molecule has 3 N–H and O–H groups in total. The molecule has 3 aromatic rings. The minimum Gasteiger partial charge on any atom is -0.351 e. The predicted octanol–water partition coefficient (Wildman–Crippen LogP) is 4.07. The molecule has 4 rings (SSSR count). The number of nitrogens with zero attached hydrogens (tertiary/aromatic N) is 4. The molecule has 0 bridgehead atoms. The summed E-state index contributed by atoms with van der Waals surface area (Å²) in [6.45, 7) is 2.46. The van der Waals surface area contributed by atoms with E-state index in [0.717, 1.165) is 18.4 Å². The average Bonchev–Trinajstić information content (AvgIpc) is 2.74. The van der Waals surface area contributed by atoms with Crippen LogP contribution in [0.2, 0.25) is 0 Å². The van der Waals surface area contributed by atoms with Gasteiger partial charge in [-0.2, -0.15) is 0 Å². The Morgan fingerprint density at radius 2 is 2.07 bits per heavy atom. The van der Waals surface area contributed by atoms with E-state index < -0.39 is 6.03 Å². The maximum Gasteiger partial charge on any atom is 0.315 e. The van der Waals surface area contributed by atoms with E-state index in [1.165, 1.54) is 12.1 Å². The summed E-state index contributed by atoms with van der Waals surface area (Å²) in [7, 11) is 0. The third-order valence-electron chi connectivity index (χ3n) is 5.33. The molecule has 154 valence electrons. The lowest BCUT2D eigenvalue weighted by Gasteiger charge is -2.36. The second kappa shape index (κ2) is 8.44. The summed E-state index contributed by atoms with van der Waals surface area (Å²) >= 11 is 0. The number of piperidine rings is 1. The number of aromatic nitrogens is 3. The predicted molar refractivity (Wildman–Crippen MR) is 113 cm³/mol. The Kier molecular flexibility index (Phi) is 5.56. The molecular weight excluding hydrogens is 383 g/mol. The lowest BCUT2D eigenvalue weighted by Crippen LogP contribution is -2.47. The maximum absolute atomic E-state index is 13.6. The van der Waals surface area contributed by atoms with Crippen LogP contribution in [0.1, 0.15) is 31.5 Å². The molecule has 1 saturated heterocycles. The number of rotatable bonds is 4. The van der Waals surface area contributed by atoms with Crippen molar-refractivity contribution < 1.29 is 9.18 Å². The molecule has 1 aromatic carbocycles. The van der Waals surface area contributed by atoms with Crippen LogP contribution in [-0.4, -0.2) is 38.5 Å². The van der Waals surface area contributed by atoms with Crippen molar-refractivity contribution in [3.63, 3.8) is 0 Å². The number of carbonyl (C=O) groups excluding carboxylic acids is 1. The molecule has 1 aliphatic heterocycles. The molecule has 0 aliphatic carbocycles. The minimum absolute atomic E-state index is 0.0432. The van der Waals surface area contributed by atoms with Crippen LogP contribution in [0.5, 0.6) is 0 Å². The van der Waals surface area contributed by atoms with Gasteiger partial charge in [-0.25, -0.2) is 19.2 Å². The van der Waals surface area contributed by atoms with E-state index in [9.17, 15) is 9.18 Å². The molecule has 3 heterocycles. The van der Waals surface area contributed by atoms with E-state index >= 15 is 0 Å². The van der Waals surface area contributed by atoms with Crippen LogP contribution in [0, 0.1) is 5.82 Å². The zero-order valence-electron chi connectivity index (χ0n) is 16.6. The topological polar surface area (TPSA) is 97.0 Å². The van der Waals surface area contributed by atoms with E-state index in [1.54, 1.807) is 29.4 Å². The van der Waals surface area contributed by atoms with Crippen LogP contribution < -0.4 is 11.1 Å². The van der Waals surface area contributed by atoms with Gasteiger partial charge in [-0.3, -0.25) is 4.98 Å². The minimum atomic E-state index is -0.436. The van der Waals surface area contributed by atoms with Crippen LogP contribution in [0.25, 0.3) is 11.3 Å². The number of hydrogen-bond donors (Lipinski definition) is 2. The number of amides is 2. The highest BCUT2D eigenvalue weighted by atomic mass is 19.1. The first kappa shape index (κ1) is 19.8. The third kappa shape index (κ3) is 4.37. The van der Waals surface area contributed by atoms with Crippen molar-refractivity contribution in [3.05, 3.63) is 66.5 Å². The van der Waals surface area contributed by atoms with E-state index in [4.69, 9.17) is 10.7 Å². The van der Waals surface area contributed by atoms with Crippen molar-refractivity contribution >= 4 is 17.5 Å². The highest BCUT2D eigenvalue weighted by molar-refractivity contribution is 5.72. The van der Waals surface area contributed by atoms with Gasteiger partial charge in [0.1, 0.15) is 17.5 Å². The molecular formula is C22H23FN6O. The van der Waals surface area contributed by atoms with Crippen molar-refractivity contribution in [2.24, 2.45) is 5.73 Å². The first-order valence-corrected chi connectivity index (χ1v) is 9.87. The van der Waals surface area contributed by atoms with Gasteiger partial charge in [0.05, 0.1) is 5.69 Å². The van der Waals surface area contributed by atoms with Gasteiger partial charge in [-0.15, -0.1) is 0 Å². The van der Waals surface area contributed by atoms with Crippen molar-refractivity contribution in [2.45, 2.75) is 31.7 Å². The highest BCUT2D eigenvalue weighted by Gasteiger charge is 2.30. The summed E-state index contributed by atoms with van der Waals surface area (Å²) in [6, 6.07) is 11.4. The second-order valence-corrected chi connectivity index (χ2v) is 7.49. The van der Waals surface area contributed by atoms with E-state index in [0.29, 0.717) is 29.6 Å². The van der Waals surface area contributed by atoms with Crippen molar-refractivity contribution in [3.8, 4) is 11.3 Å². The molecule has 2 amide bonds. The van der Waals surface area contributed by atoms with Gasteiger partial charge < -0.3 is 16.0 Å². The first-order chi connectivity index (χ1) is 14.5. The smallest absolute Gasteiger partial charge is 0.315 e. The Labute approximate surface area is 174 Å². The van der Waals surface area contributed by atoms with Crippen LogP contribution in [0.15, 0.2) is 54.9 Å². The number of primary amides is 1. The summed E-state index contributed by atoms with van der Waals surface area (Å²) in [4.78, 5) is 27.1. The van der Waals surface area contributed by atoms with Crippen LogP contribution >= 0.6 is 0 Å². The number of anilines is 2. The fourth-order valence-electron chi connectivity index (χ4n) is 3.71. The summed E-state index contributed by atoms with van der Waals surface area (Å²) in [5, 5.41) is 3.16. The van der Waals surface area contributed by atoms with Crippen molar-refractivity contribution in [1.29, 1.82) is 0 Å². The molecule has 1 aliphatic rings. The Balaban J connectivity index is 1.71. The Bertz CT molecular complexity index is 1040. The van der Waals surface area contributed by atoms with Crippen molar-refractivity contribution in [1.82, 2.24) is 19.9 Å². The van der Waals surface area contributed by atoms with Crippen molar-refractivity contribution in [2.75, 3.05) is 11.9 Å². The van der Waals surface area contributed by atoms with Gasteiger partial charge >= 0.3 is 6.03 Å². The largest absolute Gasteiger partial charge is 0.351 e. The number of carbonyl (C=O) groups is 1.